The van der Waals surface area contributed by atoms with E-state index in [1.165, 1.54) is 87.6 Å². The lowest BCUT2D eigenvalue weighted by Crippen LogP contribution is -2.14. The van der Waals surface area contributed by atoms with Gasteiger partial charge in [-0.3, -0.25) is 0 Å². The molecule has 0 amide bonds. The summed E-state index contributed by atoms with van der Waals surface area (Å²) in [6.45, 7) is 17.2. The molecule has 4 nitrogen and oxygen atoms in total. The maximum absolute atomic E-state index is 3.94. The van der Waals surface area contributed by atoms with E-state index < -0.39 is 0 Å². The quantitative estimate of drug-likeness (QED) is 0.139. The Labute approximate surface area is 561 Å². The molecule has 7 heteroatoms. The second-order valence-corrected chi connectivity index (χ2v) is 26.6. The lowest BCUT2D eigenvalue weighted by atomic mass is 10.0. The van der Waals surface area contributed by atoms with Crippen LogP contribution in [-0.4, -0.2) is 0 Å². The molecular formula is C84H71Br3N4. The predicted octanol–water partition coefficient (Wildman–Crippen LogP) is 26.6. The van der Waals surface area contributed by atoms with Crippen LogP contribution in [0.5, 0.6) is 0 Å². The Bertz CT molecular complexity index is 4610. The van der Waals surface area contributed by atoms with Crippen LogP contribution < -0.4 is 20.0 Å². The third kappa shape index (κ3) is 14.4. The Morgan fingerprint density at radius 2 is 0.451 bits per heavy atom. The molecule has 0 saturated carbocycles. The fourth-order valence-corrected chi connectivity index (χ4v) is 14.5. The second-order valence-electron chi connectivity index (χ2n) is 23.9. The van der Waals surface area contributed by atoms with Crippen LogP contribution in [0.15, 0.2) is 292 Å². The normalized spacial score (nSPS) is 11.0. The first-order valence-electron chi connectivity index (χ1n) is 30.8. The zero-order valence-electron chi connectivity index (χ0n) is 52.5. The molecule has 14 aromatic carbocycles. The minimum absolute atomic E-state index is 1.01. The highest BCUT2D eigenvalue weighted by Crippen LogP contribution is 2.47. The first-order chi connectivity index (χ1) is 44.1. The summed E-state index contributed by atoms with van der Waals surface area (Å²) in [5.41, 5.74) is 22.6. The van der Waals surface area contributed by atoms with E-state index in [-0.39, 0.29) is 0 Å². The number of hydrogen-bond donors (Lipinski definition) is 1. The average molecular weight is 1380 g/mol. The van der Waals surface area contributed by atoms with Gasteiger partial charge in [0, 0.05) is 74.8 Å². The summed E-state index contributed by atoms with van der Waals surface area (Å²) in [5.74, 6) is 0. The molecule has 0 unspecified atom stereocenters. The molecule has 0 aliphatic heterocycles. The molecule has 0 heterocycles. The SMILES string of the molecule is Brc1cc(Br)cc(N(c2cccc3ccccc23)c2cccc3ccccc23)c1.Cc1cc(C)cc(N(c2cc(C)cc(C)c2)c2cc(Br)cc(N(c3cccc4ccccc34)c3cccc4ccccc34)c2)c1.Cc1cc(C)cc(Nc2cc(C)cc(C)c2)c1. The molecule has 0 atom stereocenters. The van der Waals surface area contributed by atoms with Gasteiger partial charge in [-0.1, -0.05) is 218 Å². The molecule has 1 N–H and O–H groups in total. The topological polar surface area (TPSA) is 21.8 Å². The number of halogens is 3. The largest absolute Gasteiger partial charge is 0.355 e. The Balaban J connectivity index is 0.000000148. The van der Waals surface area contributed by atoms with Gasteiger partial charge in [-0.25, -0.2) is 0 Å². The van der Waals surface area contributed by atoms with Crippen LogP contribution >= 0.6 is 47.8 Å². The van der Waals surface area contributed by atoms with Crippen molar-refractivity contribution in [3.05, 3.63) is 337 Å². The maximum atomic E-state index is 3.94. The highest BCUT2D eigenvalue weighted by atomic mass is 79.9. The van der Waals surface area contributed by atoms with Crippen molar-refractivity contribution in [1.29, 1.82) is 0 Å². The molecule has 0 saturated heterocycles. The third-order valence-corrected chi connectivity index (χ3v) is 17.6. The van der Waals surface area contributed by atoms with Gasteiger partial charge in [0.25, 0.3) is 0 Å². The molecule has 14 aromatic rings. The molecule has 14 rings (SSSR count). The van der Waals surface area contributed by atoms with Gasteiger partial charge in [-0.15, -0.1) is 0 Å². The molecule has 0 bridgehead atoms. The molecule has 0 aliphatic rings. The number of hydrogen-bond acceptors (Lipinski definition) is 4. The summed E-state index contributed by atoms with van der Waals surface area (Å²) in [6.07, 6.45) is 0. The molecule has 0 spiro atoms. The number of rotatable bonds is 11. The monoisotopic (exact) mass is 1370 g/mol. The van der Waals surface area contributed by atoms with Gasteiger partial charge >= 0.3 is 0 Å². The second kappa shape index (κ2) is 27.5. The standard InChI is InChI=1S/C42H35BrN2.C26H17Br2N.C16H19N/c1-28-19-29(2)22-35(21-28)44(36-23-30(3)20-31(4)24-36)37-25-34(43)26-38(27-37)45(41-17-9-13-32-11-5-7-15-39(32)41)42-18-10-14-33-12-6-8-16-40(33)42;27-20-15-21(28)17-22(16-20)29(25-13-5-9-18-7-1-3-11-23(18)25)26-14-6-10-19-8-2-4-12-24(19)26;1-11-5-12(2)8-15(7-11)17-16-9-13(3)6-14(4)10-16/h5-27H,1-4H3;1-17H;5-10,17H,1-4H3. The van der Waals surface area contributed by atoms with Crippen LogP contribution in [0.1, 0.15) is 44.5 Å². The number of benzene rings is 14. The van der Waals surface area contributed by atoms with Crippen molar-refractivity contribution in [2.75, 3.05) is 20.0 Å². The highest BCUT2D eigenvalue weighted by Gasteiger charge is 2.23. The van der Waals surface area contributed by atoms with E-state index in [0.29, 0.717) is 0 Å². The van der Waals surface area contributed by atoms with E-state index in [1.54, 1.807) is 0 Å². The number of aryl methyl sites for hydroxylation is 8. The Morgan fingerprint density at radius 1 is 0.220 bits per heavy atom. The molecular weight excluding hydrogens is 1300 g/mol. The zero-order chi connectivity index (χ0) is 63.3. The molecule has 0 fully saturated rings. The van der Waals surface area contributed by atoms with Crippen LogP contribution in [0.2, 0.25) is 0 Å². The van der Waals surface area contributed by atoms with E-state index in [9.17, 15) is 0 Å². The summed E-state index contributed by atoms with van der Waals surface area (Å²) in [4.78, 5) is 7.15. The number of fused-ring (bicyclic) bond motifs is 4. The van der Waals surface area contributed by atoms with Crippen LogP contribution in [0.3, 0.4) is 0 Å². The number of nitrogens with zero attached hydrogens (tertiary/aromatic N) is 3. The number of anilines is 11. The summed E-state index contributed by atoms with van der Waals surface area (Å²) in [6, 6.07) is 100. The summed E-state index contributed by atoms with van der Waals surface area (Å²) >= 11 is 11.3. The third-order valence-electron chi connectivity index (χ3n) is 16.2. The Kier molecular flexibility index (Phi) is 18.7. The van der Waals surface area contributed by atoms with Crippen LogP contribution in [-0.2, 0) is 0 Å². The van der Waals surface area contributed by atoms with E-state index in [4.69, 9.17) is 0 Å². The highest BCUT2D eigenvalue weighted by molar-refractivity contribution is 9.11. The summed E-state index contributed by atoms with van der Waals surface area (Å²) in [5, 5.41) is 13.2. The minimum Gasteiger partial charge on any atom is -0.355 e. The predicted molar refractivity (Wildman–Crippen MR) is 404 cm³/mol. The van der Waals surface area contributed by atoms with Crippen molar-refractivity contribution in [1.82, 2.24) is 0 Å². The van der Waals surface area contributed by atoms with E-state index in [2.05, 4.69) is 402 Å². The van der Waals surface area contributed by atoms with Gasteiger partial charge in [-0.05, 0) is 231 Å². The van der Waals surface area contributed by atoms with E-state index >= 15 is 0 Å². The molecule has 448 valence electrons. The molecule has 0 radical (unpaired) electrons. The molecule has 0 aromatic heterocycles. The summed E-state index contributed by atoms with van der Waals surface area (Å²) < 4.78 is 3.08. The van der Waals surface area contributed by atoms with Gasteiger partial charge in [0.2, 0.25) is 0 Å². The lowest BCUT2D eigenvalue weighted by molar-refractivity contribution is 1.22. The Morgan fingerprint density at radius 3 is 0.758 bits per heavy atom. The first-order valence-corrected chi connectivity index (χ1v) is 33.1. The van der Waals surface area contributed by atoms with Crippen LogP contribution in [0.4, 0.5) is 62.6 Å². The fraction of sp³-hybridized carbons (Fsp3) is 0.0952. The van der Waals surface area contributed by atoms with Crippen molar-refractivity contribution < 1.29 is 0 Å². The summed E-state index contributed by atoms with van der Waals surface area (Å²) in [7, 11) is 0. The molecule has 0 aliphatic carbocycles. The smallest absolute Gasteiger partial charge is 0.0540 e. The first kappa shape index (κ1) is 62.0. The van der Waals surface area contributed by atoms with Gasteiger partial charge < -0.3 is 20.0 Å². The van der Waals surface area contributed by atoms with Gasteiger partial charge in [0.15, 0.2) is 0 Å². The number of nitrogens with one attached hydrogen (secondary N) is 1. The van der Waals surface area contributed by atoms with Gasteiger partial charge in [-0.2, -0.15) is 0 Å². The Hall–Kier alpha value is -9.24. The minimum atomic E-state index is 1.01. The van der Waals surface area contributed by atoms with Gasteiger partial charge in [0.05, 0.1) is 22.7 Å². The lowest BCUT2D eigenvalue weighted by Gasteiger charge is -2.31. The average Bonchev–Trinajstić information content (AvgIpc) is 0.828. The van der Waals surface area contributed by atoms with Crippen molar-refractivity contribution in [3.8, 4) is 0 Å². The van der Waals surface area contributed by atoms with E-state index in [0.717, 1.165) is 76.0 Å². The van der Waals surface area contributed by atoms with Crippen molar-refractivity contribution >= 4 is 153 Å². The van der Waals surface area contributed by atoms with Gasteiger partial charge in [0.1, 0.15) is 0 Å². The fourth-order valence-electron chi connectivity index (χ4n) is 12.8. The van der Waals surface area contributed by atoms with Crippen LogP contribution in [0.25, 0.3) is 43.1 Å². The zero-order valence-corrected chi connectivity index (χ0v) is 57.3. The van der Waals surface area contributed by atoms with Crippen molar-refractivity contribution in [2.45, 2.75) is 55.4 Å². The maximum Gasteiger partial charge on any atom is 0.0540 e. The molecule has 91 heavy (non-hydrogen) atoms. The van der Waals surface area contributed by atoms with Crippen molar-refractivity contribution in [3.63, 3.8) is 0 Å². The van der Waals surface area contributed by atoms with Crippen LogP contribution in [0, 0.1) is 55.4 Å². The van der Waals surface area contributed by atoms with Crippen molar-refractivity contribution in [2.24, 2.45) is 0 Å². The van der Waals surface area contributed by atoms with E-state index in [1.807, 2.05) is 0 Å².